The minimum absolute atomic E-state index is 0.124. The van der Waals surface area contributed by atoms with Crippen LogP contribution in [0.15, 0.2) is 6.20 Å². The number of rotatable bonds is 2. The first-order valence-electron chi connectivity index (χ1n) is 4.61. The molecule has 0 saturated carbocycles. The molecule has 1 unspecified atom stereocenters. The third kappa shape index (κ3) is 2.03. The second-order valence-corrected chi connectivity index (χ2v) is 5.02. The van der Waals surface area contributed by atoms with Gasteiger partial charge in [-0.05, 0) is 0 Å². The molecule has 1 aliphatic rings. The van der Waals surface area contributed by atoms with Gasteiger partial charge >= 0.3 is 5.97 Å². The van der Waals surface area contributed by atoms with Gasteiger partial charge in [-0.15, -0.1) is 0 Å². The molecule has 1 aromatic heterocycles. The van der Waals surface area contributed by atoms with Gasteiger partial charge in [-0.1, -0.05) is 22.9 Å². The van der Waals surface area contributed by atoms with Crippen molar-refractivity contribution in [3.05, 3.63) is 10.5 Å². The Bertz CT molecular complexity index is 434. The second-order valence-electron chi connectivity index (χ2n) is 3.38. The van der Waals surface area contributed by atoms with E-state index in [1.807, 2.05) is 0 Å². The summed E-state index contributed by atoms with van der Waals surface area (Å²) in [5.41, 5.74) is 0. The van der Waals surface area contributed by atoms with Gasteiger partial charge in [-0.25, -0.2) is 4.98 Å². The van der Waals surface area contributed by atoms with Crippen LogP contribution in [0.4, 0.5) is 5.13 Å². The number of thiazole rings is 1. The Labute approximate surface area is 101 Å². The van der Waals surface area contributed by atoms with E-state index in [2.05, 4.69) is 9.72 Å². The minimum atomic E-state index is -0.403. The molecule has 16 heavy (non-hydrogen) atoms. The number of carbonyl (C=O) groups excluding carboxylic acids is 2. The zero-order valence-electron chi connectivity index (χ0n) is 8.47. The Morgan fingerprint density at radius 1 is 1.75 bits per heavy atom. The van der Waals surface area contributed by atoms with E-state index in [1.165, 1.54) is 29.5 Å². The number of nitrogens with zero attached hydrogens (tertiary/aromatic N) is 2. The zero-order chi connectivity index (χ0) is 11.7. The predicted octanol–water partition coefficient (Wildman–Crippen LogP) is 1.32. The molecule has 7 heteroatoms. The molecule has 1 atom stereocenters. The van der Waals surface area contributed by atoms with Crippen molar-refractivity contribution in [2.24, 2.45) is 5.92 Å². The van der Waals surface area contributed by atoms with E-state index in [0.29, 0.717) is 16.0 Å². The fraction of sp³-hybridized carbons (Fsp3) is 0.444. The maximum Gasteiger partial charge on any atom is 0.311 e. The number of anilines is 1. The van der Waals surface area contributed by atoms with Crippen molar-refractivity contribution >= 4 is 39.9 Å². The molecule has 1 saturated heterocycles. The first-order valence-corrected chi connectivity index (χ1v) is 5.80. The van der Waals surface area contributed by atoms with Crippen LogP contribution in [-0.2, 0) is 14.3 Å². The Balaban J connectivity index is 2.14. The molecule has 0 aliphatic carbocycles. The van der Waals surface area contributed by atoms with Gasteiger partial charge in [-0.3, -0.25) is 14.5 Å². The third-order valence-corrected chi connectivity index (χ3v) is 3.49. The molecule has 2 heterocycles. The molecule has 0 bridgehead atoms. The lowest BCUT2D eigenvalue weighted by molar-refractivity contribution is -0.145. The Morgan fingerprint density at radius 3 is 3.06 bits per heavy atom. The van der Waals surface area contributed by atoms with Crippen molar-refractivity contribution in [3.8, 4) is 0 Å². The number of aromatic nitrogens is 1. The highest BCUT2D eigenvalue weighted by atomic mass is 35.5. The summed E-state index contributed by atoms with van der Waals surface area (Å²) in [4.78, 5) is 28.4. The summed E-state index contributed by atoms with van der Waals surface area (Å²) in [6.45, 7) is 0.315. The molecular formula is C9H9ClN2O3S. The topological polar surface area (TPSA) is 59.5 Å². The van der Waals surface area contributed by atoms with E-state index < -0.39 is 5.92 Å². The Kier molecular flexibility index (Phi) is 3.11. The summed E-state index contributed by atoms with van der Waals surface area (Å²) in [5, 5.41) is 0.529. The highest BCUT2D eigenvalue weighted by molar-refractivity contribution is 7.19. The number of ether oxygens (including phenoxy) is 1. The van der Waals surface area contributed by atoms with Crippen LogP contribution in [0.3, 0.4) is 0 Å². The summed E-state index contributed by atoms with van der Waals surface area (Å²) in [7, 11) is 1.32. The van der Waals surface area contributed by atoms with Crippen LogP contribution < -0.4 is 4.90 Å². The molecule has 1 amide bonds. The minimum Gasteiger partial charge on any atom is -0.469 e. The van der Waals surface area contributed by atoms with Gasteiger partial charge in [0.1, 0.15) is 4.34 Å². The van der Waals surface area contributed by atoms with Gasteiger partial charge in [-0.2, -0.15) is 0 Å². The normalized spacial score (nSPS) is 20.2. The maximum absolute atomic E-state index is 11.7. The van der Waals surface area contributed by atoms with E-state index >= 15 is 0 Å². The van der Waals surface area contributed by atoms with E-state index in [9.17, 15) is 9.59 Å². The first-order chi connectivity index (χ1) is 7.61. The lowest BCUT2D eigenvalue weighted by Gasteiger charge is -2.11. The van der Waals surface area contributed by atoms with E-state index in [4.69, 9.17) is 11.6 Å². The second kappa shape index (κ2) is 4.39. The van der Waals surface area contributed by atoms with Crippen LogP contribution in [0.1, 0.15) is 6.42 Å². The van der Waals surface area contributed by atoms with Crippen LogP contribution in [-0.4, -0.2) is 30.5 Å². The highest BCUT2D eigenvalue weighted by Crippen LogP contribution is 2.31. The average molecular weight is 261 g/mol. The summed E-state index contributed by atoms with van der Waals surface area (Å²) in [5.74, 6) is -0.889. The smallest absolute Gasteiger partial charge is 0.311 e. The number of methoxy groups -OCH3 is 1. The standard InChI is InChI=1S/C9H9ClN2O3S/c1-15-8(14)5-2-7(13)12(4-5)9-11-3-6(10)16-9/h3,5H,2,4H2,1H3. The molecular weight excluding hydrogens is 252 g/mol. The number of hydrogen-bond acceptors (Lipinski definition) is 5. The number of carbonyl (C=O) groups is 2. The van der Waals surface area contributed by atoms with Gasteiger partial charge in [0, 0.05) is 13.0 Å². The average Bonchev–Trinajstić information content (AvgIpc) is 2.83. The Morgan fingerprint density at radius 2 is 2.50 bits per heavy atom. The molecule has 1 aliphatic heterocycles. The van der Waals surface area contributed by atoms with Crippen molar-refractivity contribution in [2.45, 2.75) is 6.42 Å². The number of hydrogen-bond donors (Lipinski definition) is 0. The lowest BCUT2D eigenvalue weighted by Crippen LogP contribution is -2.25. The van der Waals surface area contributed by atoms with Crippen LogP contribution in [0.2, 0.25) is 4.34 Å². The molecule has 0 radical (unpaired) electrons. The van der Waals surface area contributed by atoms with E-state index in [1.54, 1.807) is 0 Å². The van der Waals surface area contributed by atoms with Crippen molar-refractivity contribution in [2.75, 3.05) is 18.6 Å². The maximum atomic E-state index is 11.7. The first kappa shape index (κ1) is 11.3. The zero-order valence-corrected chi connectivity index (χ0v) is 10.0. The van der Waals surface area contributed by atoms with Crippen molar-refractivity contribution in [1.82, 2.24) is 4.98 Å². The quantitative estimate of drug-likeness (QED) is 0.753. The van der Waals surface area contributed by atoms with Crippen molar-refractivity contribution < 1.29 is 14.3 Å². The van der Waals surface area contributed by atoms with Gasteiger partial charge in [0.05, 0.1) is 19.2 Å². The molecule has 0 spiro atoms. The van der Waals surface area contributed by atoms with Gasteiger partial charge in [0.15, 0.2) is 5.13 Å². The van der Waals surface area contributed by atoms with Gasteiger partial charge in [0.25, 0.3) is 0 Å². The highest BCUT2D eigenvalue weighted by Gasteiger charge is 2.36. The lowest BCUT2D eigenvalue weighted by atomic mass is 10.1. The summed E-state index contributed by atoms with van der Waals surface area (Å²) >= 11 is 6.96. The monoisotopic (exact) mass is 260 g/mol. The van der Waals surface area contributed by atoms with E-state index in [-0.39, 0.29) is 18.3 Å². The van der Waals surface area contributed by atoms with Crippen molar-refractivity contribution in [1.29, 1.82) is 0 Å². The molecule has 1 fully saturated rings. The molecule has 1 aromatic rings. The predicted molar refractivity (Wildman–Crippen MR) is 59.6 cm³/mol. The largest absolute Gasteiger partial charge is 0.469 e. The van der Waals surface area contributed by atoms with E-state index in [0.717, 1.165) is 0 Å². The van der Waals surface area contributed by atoms with Crippen molar-refractivity contribution in [3.63, 3.8) is 0 Å². The van der Waals surface area contributed by atoms with Crippen LogP contribution in [0, 0.1) is 5.92 Å². The number of halogens is 1. The molecule has 2 rings (SSSR count). The fourth-order valence-corrected chi connectivity index (χ4v) is 2.52. The van der Waals surface area contributed by atoms with Crippen LogP contribution in [0.25, 0.3) is 0 Å². The fourth-order valence-electron chi connectivity index (χ4n) is 1.59. The third-order valence-electron chi connectivity index (χ3n) is 2.36. The molecule has 0 aromatic carbocycles. The Hall–Kier alpha value is -1.14. The summed E-state index contributed by atoms with van der Waals surface area (Å²) in [6, 6.07) is 0. The molecule has 86 valence electrons. The van der Waals surface area contributed by atoms with Crippen LogP contribution in [0.5, 0.6) is 0 Å². The molecule has 5 nitrogen and oxygen atoms in total. The SMILES string of the molecule is COC(=O)C1CC(=O)N(c2ncc(Cl)s2)C1. The van der Waals surface area contributed by atoms with Gasteiger partial charge < -0.3 is 4.74 Å². The van der Waals surface area contributed by atoms with Crippen LogP contribution >= 0.6 is 22.9 Å². The number of amides is 1. The summed E-state index contributed by atoms with van der Waals surface area (Å²) < 4.78 is 5.13. The van der Waals surface area contributed by atoms with Gasteiger partial charge in [0.2, 0.25) is 5.91 Å². The number of esters is 1. The molecule has 0 N–H and O–H groups in total. The summed E-state index contributed by atoms with van der Waals surface area (Å²) in [6.07, 6.45) is 1.66.